The number of nitro groups is 1. The summed E-state index contributed by atoms with van der Waals surface area (Å²) in [5, 5.41) is 14.2. The van der Waals surface area contributed by atoms with Crippen molar-refractivity contribution in [1.29, 1.82) is 0 Å². The van der Waals surface area contributed by atoms with Crippen molar-refractivity contribution in [3.05, 3.63) is 39.9 Å². The van der Waals surface area contributed by atoms with Crippen LogP contribution >= 0.6 is 0 Å². The van der Waals surface area contributed by atoms with Crippen molar-refractivity contribution < 1.29 is 4.92 Å². The minimum atomic E-state index is -0.329. The Labute approximate surface area is 113 Å². The number of hydrogen-bond acceptors (Lipinski definition) is 4. The number of piperidine rings is 1. The van der Waals surface area contributed by atoms with E-state index in [-0.39, 0.29) is 10.6 Å². The van der Waals surface area contributed by atoms with E-state index in [1.54, 1.807) is 18.2 Å². The van der Waals surface area contributed by atoms with E-state index in [1.807, 2.05) is 6.07 Å². The molecule has 0 amide bonds. The van der Waals surface area contributed by atoms with Gasteiger partial charge in [-0.2, -0.15) is 0 Å². The highest BCUT2D eigenvalue weighted by atomic mass is 16.6. The van der Waals surface area contributed by atoms with E-state index in [0.717, 1.165) is 44.6 Å². The molecule has 1 aromatic carbocycles. The van der Waals surface area contributed by atoms with Gasteiger partial charge in [0.25, 0.3) is 5.69 Å². The van der Waals surface area contributed by atoms with Crippen molar-refractivity contribution in [3.63, 3.8) is 0 Å². The van der Waals surface area contributed by atoms with Crippen LogP contribution in [-0.2, 0) is 6.54 Å². The molecule has 0 radical (unpaired) electrons. The molecule has 0 aromatic heterocycles. The maximum absolute atomic E-state index is 10.8. The standard InChI is InChI=1S/C14H21N3O2/c1-2-16(13-6-8-15-9-7-13)11-12-4-3-5-14(10-12)17(18)19/h3-5,10,13,15H,2,6-9,11H2,1H3. The van der Waals surface area contributed by atoms with Crippen LogP contribution in [0.1, 0.15) is 25.3 Å². The van der Waals surface area contributed by atoms with E-state index in [1.165, 1.54) is 0 Å². The number of nitrogens with one attached hydrogen (secondary N) is 1. The third kappa shape index (κ3) is 3.75. The summed E-state index contributed by atoms with van der Waals surface area (Å²) in [5.74, 6) is 0. The van der Waals surface area contributed by atoms with Crippen LogP contribution in [0, 0.1) is 10.1 Å². The third-order valence-corrected chi connectivity index (χ3v) is 3.74. The second-order valence-electron chi connectivity index (χ2n) is 4.97. The lowest BCUT2D eigenvalue weighted by molar-refractivity contribution is -0.384. The second kappa shape index (κ2) is 6.63. The van der Waals surface area contributed by atoms with Crippen molar-refractivity contribution in [2.24, 2.45) is 0 Å². The summed E-state index contributed by atoms with van der Waals surface area (Å²) >= 11 is 0. The lowest BCUT2D eigenvalue weighted by Gasteiger charge is -2.33. The number of nitrogens with zero attached hydrogens (tertiary/aromatic N) is 2. The summed E-state index contributed by atoms with van der Waals surface area (Å²) in [4.78, 5) is 12.9. The van der Waals surface area contributed by atoms with Crippen LogP contribution in [0.4, 0.5) is 5.69 Å². The first-order valence-electron chi connectivity index (χ1n) is 6.89. The van der Waals surface area contributed by atoms with Gasteiger partial charge in [-0.15, -0.1) is 0 Å². The van der Waals surface area contributed by atoms with Crippen LogP contribution in [0.2, 0.25) is 0 Å². The van der Waals surface area contributed by atoms with Gasteiger partial charge in [0.1, 0.15) is 0 Å². The summed E-state index contributed by atoms with van der Waals surface area (Å²) < 4.78 is 0. The fourth-order valence-electron chi connectivity index (χ4n) is 2.67. The van der Waals surface area contributed by atoms with Crippen LogP contribution in [0.5, 0.6) is 0 Å². The topological polar surface area (TPSA) is 58.4 Å². The van der Waals surface area contributed by atoms with Gasteiger partial charge in [-0.05, 0) is 38.0 Å². The van der Waals surface area contributed by atoms with Crippen LogP contribution in [0.25, 0.3) is 0 Å². The van der Waals surface area contributed by atoms with E-state index >= 15 is 0 Å². The molecule has 1 saturated heterocycles. The van der Waals surface area contributed by atoms with Crippen molar-refractivity contribution in [2.45, 2.75) is 32.4 Å². The highest BCUT2D eigenvalue weighted by Gasteiger charge is 2.20. The average molecular weight is 263 g/mol. The van der Waals surface area contributed by atoms with Crippen LogP contribution in [0.15, 0.2) is 24.3 Å². The molecule has 104 valence electrons. The zero-order chi connectivity index (χ0) is 13.7. The summed E-state index contributed by atoms with van der Waals surface area (Å²) in [7, 11) is 0. The first-order chi connectivity index (χ1) is 9.20. The summed E-state index contributed by atoms with van der Waals surface area (Å²) in [6, 6.07) is 7.56. The minimum absolute atomic E-state index is 0.180. The van der Waals surface area contributed by atoms with Gasteiger partial charge in [0.05, 0.1) is 4.92 Å². The van der Waals surface area contributed by atoms with Crippen LogP contribution in [-0.4, -0.2) is 35.5 Å². The molecule has 5 nitrogen and oxygen atoms in total. The molecule has 0 bridgehead atoms. The number of rotatable bonds is 5. The lowest BCUT2D eigenvalue weighted by atomic mass is 10.0. The third-order valence-electron chi connectivity index (χ3n) is 3.74. The maximum Gasteiger partial charge on any atom is 0.269 e. The Kier molecular flexibility index (Phi) is 4.87. The highest BCUT2D eigenvalue weighted by molar-refractivity contribution is 5.34. The number of hydrogen-bond donors (Lipinski definition) is 1. The Bertz CT molecular complexity index is 430. The zero-order valence-corrected chi connectivity index (χ0v) is 11.3. The molecule has 1 aliphatic heterocycles. The van der Waals surface area contributed by atoms with Crippen molar-refractivity contribution in [1.82, 2.24) is 10.2 Å². The molecular weight excluding hydrogens is 242 g/mol. The summed E-state index contributed by atoms with van der Waals surface area (Å²) in [6.07, 6.45) is 2.31. The quantitative estimate of drug-likeness (QED) is 0.653. The molecule has 1 N–H and O–H groups in total. The van der Waals surface area contributed by atoms with E-state index < -0.39 is 0 Å². The zero-order valence-electron chi connectivity index (χ0n) is 11.3. The first-order valence-corrected chi connectivity index (χ1v) is 6.89. The van der Waals surface area contributed by atoms with Gasteiger partial charge in [0.2, 0.25) is 0 Å². The van der Waals surface area contributed by atoms with Gasteiger partial charge in [0, 0.05) is 24.7 Å². The van der Waals surface area contributed by atoms with E-state index in [4.69, 9.17) is 0 Å². The smallest absolute Gasteiger partial charge is 0.269 e. The molecule has 0 unspecified atom stereocenters. The monoisotopic (exact) mass is 263 g/mol. The molecule has 1 aromatic rings. The molecule has 19 heavy (non-hydrogen) atoms. The first kappa shape index (κ1) is 14.0. The molecule has 5 heteroatoms. The molecule has 2 rings (SSSR count). The van der Waals surface area contributed by atoms with Gasteiger partial charge in [-0.25, -0.2) is 0 Å². The summed E-state index contributed by atoms with van der Waals surface area (Å²) in [5.41, 5.74) is 1.20. The number of nitro benzene ring substituents is 1. The second-order valence-corrected chi connectivity index (χ2v) is 4.97. The Balaban J connectivity index is 2.04. The molecule has 0 spiro atoms. The van der Waals surface area contributed by atoms with Crippen LogP contribution < -0.4 is 5.32 Å². The Hall–Kier alpha value is -1.46. The number of non-ortho nitro benzene ring substituents is 1. The predicted molar refractivity (Wildman–Crippen MR) is 75.1 cm³/mol. The lowest BCUT2D eigenvalue weighted by Crippen LogP contribution is -2.42. The average Bonchev–Trinajstić information content (AvgIpc) is 2.46. The Morgan fingerprint density at radius 2 is 2.16 bits per heavy atom. The largest absolute Gasteiger partial charge is 0.317 e. The predicted octanol–water partition coefficient (Wildman–Crippen LogP) is 2.17. The normalized spacial score (nSPS) is 16.7. The van der Waals surface area contributed by atoms with Gasteiger partial charge in [0.15, 0.2) is 0 Å². The number of benzene rings is 1. The fraction of sp³-hybridized carbons (Fsp3) is 0.571. The molecule has 0 aliphatic carbocycles. The van der Waals surface area contributed by atoms with E-state index in [9.17, 15) is 10.1 Å². The van der Waals surface area contributed by atoms with Crippen molar-refractivity contribution in [3.8, 4) is 0 Å². The molecule has 0 atom stereocenters. The van der Waals surface area contributed by atoms with Crippen molar-refractivity contribution >= 4 is 5.69 Å². The fourth-order valence-corrected chi connectivity index (χ4v) is 2.67. The minimum Gasteiger partial charge on any atom is -0.317 e. The van der Waals surface area contributed by atoms with E-state index in [0.29, 0.717) is 6.04 Å². The molecule has 1 fully saturated rings. The summed E-state index contributed by atoms with van der Waals surface area (Å²) in [6.45, 7) is 6.06. The van der Waals surface area contributed by atoms with Gasteiger partial charge >= 0.3 is 0 Å². The molecule has 1 heterocycles. The van der Waals surface area contributed by atoms with Crippen molar-refractivity contribution in [2.75, 3.05) is 19.6 Å². The maximum atomic E-state index is 10.8. The van der Waals surface area contributed by atoms with Gasteiger partial charge < -0.3 is 5.32 Å². The van der Waals surface area contributed by atoms with Crippen LogP contribution in [0.3, 0.4) is 0 Å². The Morgan fingerprint density at radius 1 is 1.42 bits per heavy atom. The highest BCUT2D eigenvalue weighted by Crippen LogP contribution is 2.18. The molecular formula is C14H21N3O2. The Morgan fingerprint density at radius 3 is 2.79 bits per heavy atom. The van der Waals surface area contributed by atoms with E-state index in [2.05, 4.69) is 17.1 Å². The van der Waals surface area contributed by atoms with Gasteiger partial charge in [-0.1, -0.05) is 19.1 Å². The van der Waals surface area contributed by atoms with Gasteiger partial charge in [-0.3, -0.25) is 15.0 Å². The SMILES string of the molecule is CCN(Cc1cccc([N+](=O)[O-])c1)C1CCNCC1. The molecule has 1 aliphatic rings. The molecule has 0 saturated carbocycles.